The van der Waals surface area contributed by atoms with E-state index in [0.29, 0.717) is 12.6 Å². The van der Waals surface area contributed by atoms with Crippen LogP contribution in [-0.4, -0.2) is 44.2 Å². The van der Waals surface area contributed by atoms with Crippen LogP contribution in [0.3, 0.4) is 0 Å². The molecule has 0 fully saturated rings. The molecule has 0 radical (unpaired) electrons. The van der Waals surface area contributed by atoms with Crippen molar-refractivity contribution in [2.24, 2.45) is 10.8 Å². The molecule has 0 spiro atoms. The minimum Gasteiger partial charge on any atom is -0.383 e. The van der Waals surface area contributed by atoms with Crippen LogP contribution in [0.4, 0.5) is 0 Å². The zero-order valence-corrected chi connectivity index (χ0v) is 9.58. The topological polar surface area (TPSA) is 62.9 Å². The fraction of sp³-hybridized carbons (Fsp3) is 0.889. The second kappa shape index (κ2) is 7.58. The Bertz CT molecular complexity index is 172. The van der Waals surface area contributed by atoms with Crippen molar-refractivity contribution in [3.63, 3.8) is 0 Å². The number of likely N-dealkylation sites (N-methyl/N-ethyl adjacent to an activating group) is 1. The van der Waals surface area contributed by atoms with Crippen molar-refractivity contribution < 1.29 is 4.74 Å². The molecule has 0 saturated heterocycles. The highest BCUT2D eigenvalue weighted by molar-refractivity contribution is 5.79. The number of methoxy groups -OCH3 is 1. The molecule has 1 atom stereocenters. The predicted octanol–water partition coefficient (Wildman–Crippen LogP) is 0.182. The fourth-order valence-electron chi connectivity index (χ4n) is 1.04. The molecule has 0 rings (SSSR count). The van der Waals surface area contributed by atoms with Crippen molar-refractivity contribution in [2.75, 3.05) is 27.3 Å². The third-order valence-corrected chi connectivity index (χ3v) is 2.02. The Hall–Kier alpha value is -0.810. The number of hydrogen-bond donors (Lipinski definition) is 2. The van der Waals surface area contributed by atoms with Crippen molar-refractivity contribution in [2.45, 2.75) is 26.3 Å². The molecule has 5 nitrogen and oxygen atoms in total. The molecule has 0 heterocycles. The lowest BCUT2D eigenvalue weighted by molar-refractivity contribution is 0.144. The second-order valence-corrected chi connectivity index (χ2v) is 3.26. The van der Waals surface area contributed by atoms with Crippen molar-refractivity contribution in [1.82, 2.24) is 10.3 Å². The van der Waals surface area contributed by atoms with Crippen molar-refractivity contribution in [3.8, 4) is 0 Å². The molecule has 3 N–H and O–H groups in total. The lowest BCUT2D eigenvalue weighted by Gasteiger charge is -2.26. The van der Waals surface area contributed by atoms with Crippen LogP contribution in [0, 0.1) is 0 Å². The molecular formula is C9H22N4O. The molecule has 5 heteroatoms. The molecule has 0 aliphatic carbocycles. The number of nitrogens with one attached hydrogen (secondary N) is 1. The molecular weight excluding hydrogens is 180 g/mol. The molecule has 0 aliphatic rings. The van der Waals surface area contributed by atoms with Gasteiger partial charge in [0.05, 0.1) is 12.6 Å². The smallest absolute Gasteiger partial charge is 0.208 e. The Morgan fingerprint density at radius 1 is 1.64 bits per heavy atom. The number of ether oxygens (including phenoxy) is 1. The van der Waals surface area contributed by atoms with E-state index < -0.39 is 0 Å². The van der Waals surface area contributed by atoms with Gasteiger partial charge in [-0.15, -0.1) is 0 Å². The van der Waals surface area contributed by atoms with Crippen LogP contribution in [0.5, 0.6) is 0 Å². The van der Waals surface area contributed by atoms with Crippen LogP contribution in [0.2, 0.25) is 0 Å². The maximum absolute atomic E-state index is 5.39. The number of rotatable bonds is 5. The number of nitrogens with two attached hydrogens (primary N) is 1. The van der Waals surface area contributed by atoms with Gasteiger partial charge >= 0.3 is 0 Å². The highest BCUT2D eigenvalue weighted by atomic mass is 16.5. The van der Waals surface area contributed by atoms with Crippen LogP contribution >= 0.6 is 0 Å². The third kappa shape index (κ3) is 4.43. The van der Waals surface area contributed by atoms with Crippen molar-refractivity contribution in [3.05, 3.63) is 0 Å². The van der Waals surface area contributed by atoms with Crippen LogP contribution < -0.4 is 11.3 Å². The Labute approximate surface area is 86.3 Å². The zero-order chi connectivity index (χ0) is 11.0. The molecule has 14 heavy (non-hydrogen) atoms. The van der Waals surface area contributed by atoms with E-state index >= 15 is 0 Å². The Morgan fingerprint density at radius 2 is 2.29 bits per heavy atom. The summed E-state index contributed by atoms with van der Waals surface area (Å²) in [5.41, 5.74) is 2.60. The van der Waals surface area contributed by atoms with Crippen molar-refractivity contribution in [1.29, 1.82) is 0 Å². The summed E-state index contributed by atoms with van der Waals surface area (Å²) in [4.78, 5) is 6.29. The maximum Gasteiger partial charge on any atom is 0.208 e. The van der Waals surface area contributed by atoms with Gasteiger partial charge in [0.25, 0.3) is 0 Å². The first-order valence-electron chi connectivity index (χ1n) is 4.90. The highest BCUT2D eigenvalue weighted by Crippen LogP contribution is 1.96. The van der Waals surface area contributed by atoms with E-state index in [0.717, 1.165) is 13.0 Å². The SMILES string of the molecule is CCCN=C(NN)N(C)C(C)COC. The van der Waals surface area contributed by atoms with Crippen molar-refractivity contribution >= 4 is 5.96 Å². The van der Waals surface area contributed by atoms with Gasteiger partial charge in [-0.1, -0.05) is 6.92 Å². The molecule has 1 unspecified atom stereocenters. The largest absolute Gasteiger partial charge is 0.383 e. The second-order valence-electron chi connectivity index (χ2n) is 3.26. The molecule has 0 aromatic carbocycles. The van der Waals surface area contributed by atoms with E-state index in [4.69, 9.17) is 10.6 Å². The number of hydrogen-bond acceptors (Lipinski definition) is 3. The van der Waals surface area contributed by atoms with Gasteiger partial charge in [0.1, 0.15) is 0 Å². The minimum atomic E-state index is 0.256. The van der Waals surface area contributed by atoms with Gasteiger partial charge < -0.3 is 9.64 Å². The third-order valence-electron chi connectivity index (χ3n) is 2.02. The summed E-state index contributed by atoms with van der Waals surface area (Å²) in [5, 5.41) is 0. The van der Waals surface area contributed by atoms with Crippen LogP contribution in [0.15, 0.2) is 4.99 Å². The highest BCUT2D eigenvalue weighted by Gasteiger charge is 2.11. The lowest BCUT2D eigenvalue weighted by Crippen LogP contribution is -2.48. The zero-order valence-electron chi connectivity index (χ0n) is 9.58. The summed E-state index contributed by atoms with van der Waals surface area (Å²) < 4.78 is 5.06. The van der Waals surface area contributed by atoms with Gasteiger partial charge in [-0.25, -0.2) is 5.84 Å². The minimum absolute atomic E-state index is 0.256. The summed E-state index contributed by atoms with van der Waals surface area (Å²) >= 11 is 0. The van der Waals surface area contributed by atoms with E-state index in [1.165, 1.54) is 0 Å². The van der Waals surface area contributed by atoms with E-state index in [1.54, 1.807) is 7.11 Å². The average molecular weight is 202 g/mol. The van der Waals surface area contributed by atoms with Crippen LogP contribution in [-0.2, 0) is 4.74 Å². The predicted molar refractivity (Wildman–Crippen MR) is 59.0 cm³/mol. The molecule has 0 bridgehead atoms. The lowest BCUT2D eigenvalue weighted by atomic mass is 10.3. The van der Waals surface area contributed by atoms with Gasteiger partial charge in [-0.3, -0.25) is 10.4 Å². The van der Waals surface area contributed by atoms with E-state index in [2.05, 4.69) is 24.3 Å². The summed E-state index contributed by atoms with van der Waals surface area (Å²) in [6.45, 7) is 5.57. The quantitative estimate of drug-likeness (QED) is 0.289. The normalized spacial score (nSPS) is 13.9. The summed E-state index contributed by atoms with van der Waals surface area (Å²) in [6, 6.07) is 0.256. The van der Waals surface area contributed by atoms with Gasteiger partial charge in [-0.2, -0.15) is 0 Å². The molecule has 0 aliphatic heterocycles. The molecule has 0 saturated carbocycles. The maximum atomic E-state index is 5.39. The Morgan fingerprint density at radius 3 is 2.71 bits per heavy atom. The number of nitrogens with zero attached hydrogens (tertiary/aromatic N) is 2. The first-order chi connectivity index (χ1) is 6.67. The van der Waals surface area contributed by atoms with E-state index in [-0.39, 0.29) is 6.04 Å². The standard InChI is InChI=1S/C9H22N4O/c1-5-6-11-9(12-10)13(3)8(2)7-14-4/h8H,5-7,10H2,1-4H3,(H,11,12). The van der Waals surface area contributed by atoms with E-state index in [1.807, 2.05) is 11.9 Å². The Kier molecular flexibility index (Phi) is 7.14. The number of aliphatic imine (C=N–C) groups is 1. The molecule has 0 amide bonds. The number of hydrazine groups is 1. The molecule has 84 valence electrons. The van der Waals surface area contributed by atoms with E-state index in [9.17, 15) is 0 Å². The van der Waals surface area contributed by atoms with Crippen LogP contribution in [0.1, 0.15) is 20.3 Å². The van der Waals surface area contributed by atoms with Crippen LogP contribution in [0.25, 0.3) is 0 Å². The monoisotopic (exact) mass is 202 g/mol. The van der Waals surface area contributed by atoms with Gasteiger partial charge in [0.2, 0.25) is 5.96 Å². The summed E-state index contributed by atoms with van der Waals surface area (Å²) in [7, 11) is 3.63. The average Bonchev–Trinajstić information content (AvgIpc) is 2.19. The molecule has 0 aromatic rings. The fourth-order valence-corrected chi connectivity index (χ4v) is 1.04. The van der Waals surface area contributed by atoms with Gasteiger partial charge in [0.15, 0.2) is 0 Å². The summed E-state index contributed by atoms with van der Waals surface area (Å²) in [6.07, 6.45) is 1.01. The van der Waals surface area contributed by atoms with Gasteiger partial charge in [0, 0.05) is 20.7 Å². The number of guanidine groups is 1. The van der Waals surface area contributed by atoms with Gasteiger partial charge in [-0.05, 0) is 13.3 Å². The summed E-state index contributed by atoms with van der Waals surface area (Å²) in [5.74, 6) is 6.09. The Balaban J connectivity index is 4.21. The first-order valence-corrected chi connectivity index (χ1v) is 4.90. The molecule has 0 aromatic heterocycles. The first kappa shape index (κ1) is 13.2.